The third-order valence-corrected chi connectivity index (χ3v) is 11.0. The lowest BCUT2D eigenvalue weighted by Gasteiger charge is -2.25. The second-order valence-electron chi connectivity index (χ2n) is 14.9. The molecule has 8 aromatic carbocycles. The van der Waals surface area contributed by atoms with E-state index in [1.807, 2.05) is 0 Å². The average Bonchev–Trinajstić information content (AvgIpc) is 3.28. The van der Waals surface area contributed by atoms with Crippen molar-refractivity contribution in [1.29, 1.82) is 0 Å². The van der Waals surface area contributed by atoms with Gasteiger partial charge >= 0.3 is 0 Å². The fourth-order valence-corrected chi connectivity index (χ4v) is 7.34. The molecule has 0 aromatic heterocycles. The van der Waals surface area contributed by atoms with Crippen molar-refractivity contribution in [1.82, 2.24) is 0 Å². The molecule has 0 bridgehead atoms. The van der Waals surface area contributed by atoms with Crippen molar-refractivity contribution < 1.29 is 0 Å². The molecule has 0 amide bonds. The van der Waals surface area contributed by atoms with E-state index >= 15 is 0 Å². The van der Waals surface area contributed by atoms with Crippen molar-refractivity contribution in [3.8, 4) is 11.1 Å². The summed E-state index contributed by atoms with van der Waals surface area (Å²) in [5, 5.41) is 0. The highest BCUT2D eigenvalue weighted by molar-refractivity contribution is 5.86. The summed E-state index contributed by atoms with van der Waals surface area (Å²) in [4.78, 5) is 4.64. The first kappa shape index (κ1) is 37.7. The molecule has 0 aliphatic heterocycles. The Balaban J connectivity index is 1.17. The molecule has 282 valence electrons. The maximum Gasteiger partial charge on any atom is 0.0458 e. The van der Waals surface area contributed by atoms with E-state index in [9.17, 15) is 0 Å². The van der Waals surface area contributed by atoms with Crippen LogP contribution in [0.15, 0.2) is 219 Å². The first-order chi connectivity index (χ1) is 28.4. The van der Waals surface area contributed by atoms with E-state index < -0.39 is 0 Å². The third-order valence-electron chi connectivity index (χ3n) is 11.0. The zero-order valence-electron chi connectivity index (χ0n) is 33.7. The average molecular weight is 749 g/mol. The zero-order chi connectivity index (χ0) is 39.8. The summed E-state index contributed by atoms with van der Waals surface area (Å²) in [7, 11) is 0. The van der Waals surface area contributed by atoms with Gasteiger partial charge in [0.05, 0.1) is 0 Å². The number of benzene rings is 8. The number of aryl methyl sites for hydroxylation is 4. The molecule has 8 aromatic rings. The van der Waals surface area contributed by atoms with Crippen LogP contribution in [0.3, 0.4) is 0 Å². The van der Waals surface area contributed by atoms with Gasteiger partial charge in [0.15, 0.2) is 0 Å². The molecule has 0 atom stereocenters. The minimum Gasteiger partial charge on any atom is -0.317 e. The molecule has 8 rings (SSSR count). The summed E-state index contributed by atoms with van der Waals surface area (Å²) in [6.45, 7) is 8.71. The molecule has 58 heavy (non-hydrogen) atoms. The first-order valence-corrected chi connectivity index (χ1v) is 20.0. The van der Waals surface area contributed by atoms with Gasteiger partial charge in [-0.1, -0.05) is 158 Å². The van der Waals surface area contributed by atoms with Crippen molar-refractivity contribution in [2.45, 2.75) is 27.7 Å². The van der Waals surface area contributed by atoms with E-state index in [4.69, 9.17) is 0 Å². The lowest BCUT2D eigenvalue weighted by molar-refractivity contribution is 1.24. The monoisotopic (exact) mass is 748 g/mol. The molecule has 0 spiro atoms. The second kappa shape index (κ2) is 17.3. The van der Waals surface area contributed by atoms with Gasteiger partial charge in [0.25, 0.3) is 0 Å². The Morgan fingerprint density at radius 1 is 0.293 bits per heavy atom. The van der Waals surface area contributed by atoms with Crippen molar-refractivity contribution in [2.24, 2.45) is 0 Å². The molecule has 0 saturated heterocycles. The van der Waals surface area contributed by atoms with E-state index in [0.29, 0.717) is 0 Å². The first-order valence-electron chi connectivity index (χ1n) is 20.0. The quantitative estimate of drug-likeness (QED) is 0.130. The topological polar surface area (TPSA) is 6.48 Å². The van der Waals surface area contributed by atoms with Gasteiger partial charge in [0, 0.05) is 46.3 Å². The minimum absolute atomic E-state index is 1.09. The van der Waals surface area contributed by atoms with Gasteiger partial charge in [0.2, 0.25) is 0 Å². The Morgan fingerprint density at radius 2 is 0.569 bits per heavy atom. The van der Waals surface area contributed by atoms with Gasteiger partial charge in [-0.2, -0.15) is 0 Å². The molecular formula is C56H48N2. The van der Waals surface area contributed by atoms with E-state index in [-0.39, 0.29) is 0 Å². The highest BCUT2D eigenvalue weighted by atomic mass is 15.1. The summed E-state index contributed by atoms with van der Waals surface area (Å²) < 4.78 is 0. The molecule has 0 saturated carbocycles. The predicted molar refractivity (Wildman–Crippen MR) is 248 cm³/mol. The predicted octanol–water partition coefficient (Wildman–Crippen LogP) is 15.0. The van der Waals surface area contributed by atoms with E-state index in [0.717, 1.165) is 45.0 Å². The fraction of sp³-hybridized carbons (Fsp3) is 0.0714. The summed E-state index contributed by atoms with van der Waals surface area (Å²) >= 11 is 0. The van der Waals surface area contributed by atoms with Crippen LogP contribution in [0.25, 0.3) is 22.3 Å². The van der Waals surface area contributed by atoms with Gasteiger partial charge in [0.1, 0.15) is 0 Å². The normalized spacial score (nSPS) is 10.8. The molecular weight excluding hydrogens is 701 g/mol. The Morgan fingerprint density at radius 3 is 0.845 bits per heavy atom. The van der Waals surface area contributed by atoms with Crippen LogP contribution in [-0.2, 0) is 0 Å². The van der Waals surface area contributed by atoms with Gasteiger partial charge in [-0.25, -0.2) is 0 Å². The minimum atomic E-state index is 1.09. The van der Waals surface area contributed by atoms with Crippen LogP contribution in [-0.4, -0.2) is 0 Å². The molecule has 2 heteroatoms. The summed E-state index contributed by atoms with van der Waals surface area (Å²) in [6, 6.07) is 73.9. The molecule has 0 aliphatic rings. The maximum absolute atomic E-state index is 2.32. The molecule has 2 nitrogen and oxygen atoms in total. The molecule has 0 heterocycles. The number of hydrogen-bond donors (Lipinski definition) is 0. The van der Waals surface area contributed by atoms with Crippen LogP contribution < -0.4 is 9.80 Å². The fourth-order valence-electron chi connectivity index (χ4n) is 7.34. The number of anilines is 4. The highest BCUT2D eigenvalue weighted by Crippen LogP contribution is 2.36. The molecule has 0 aliphatic carbocycles. The summed E-state index contributed by atoms with van der Waals surface area (Å²) in [5.74, 6) is 0. The standard InChI is InChI=1S/C56H48N2/c1-41-25-31-53(37-43(41)3)57(39-55(47-17-9-5-10-18-47)48-19-11-6-12-20-48)51-33-27-45(28-34-51)46-29-35-52(36-30-46)58(54-32-26-42(2)44(4)38-54)40-56(49-21-13-7-14-22-49)50-23-15-8-16-24-50/h5-40H,1-4H3. The van der Waals surface area contributed by atoms with Crippen LogP contribution in [0.1, 0.15) is 44.5 Å². The largest absolute Gasteiger partial charge is 0.317 e. The van der Waals surface area contributed by atoms with Gasteiger partial charge < -0.3 is 9.80 Å². The van der Waals surface area contributed by atoms with Crippen LogP contribution >= 0.6 is 0 Å². The van der Waals surface area contributed by atoms with Gasteiger partial charge in [-0.05, 0) is 132 Å². The van der Waals surface area contributed by atoms with Crippen molar-refractivity contribution in [3.63, 3.8) is 0 Å². The molecule has 0 radical (unpaired) electrons. The second-order valence-corrected chi connectivity index (χ2v) is 14.9. The number of hydrogen-bond acceptors (Lipinski definition) is 2. The molecule has 0 fully saturated rings. The Kier molecular flexibility index (Phi) is 11.3. The SMILES string of the molecule is Cc1ccc(N(C=C(c2ccccc2)c2ccccc2)c2ccc(-c3ccc(N(C=C(c4ccccc4)c4ccccc4)c4ccc(C)c(C)c4)cc3)cc2)cc1C. The molecule has 0 N–H and O–H groups in total. The summed E-state index contributed by atoms with van der Waals surface area (Å²) in [5.41, 5.74) is 18.8. The Labute approximate surface area is 344 Å². The lowest BCUT2D eigenvalue weighted by atomic mass is 9.98. The highest BCUT2D eigenvalue weighted by Gasteiger charge is 2.16. The maximum atomic E-state index is 2.32. The smallest absolute Gasteiger partial charge is 0.0458 e. The van der Waals surface area contributed by atoms with Gasteiger partial charge in [-0.15, -0.1) is 0 Å². The van der Waals surface area contributed by atoms with Crippen molar-refractivity contribution in [2.75, 3.05) is 9.80 Å². The Hall–Kier alpha value is -7.16. The summed E-state index contributed by atoms with van der Waals surface area (Å²) in [6.07, 6.45) is 4.57. The number of rotatable bonds is 11. The molecule has 0 unspecified atom stereocenters. The van der Waals surface area contributed by atoms with Crippen LogP contribution in [0, 0.1) is 27.7 Å². The Bertz CT molecular complexity index is 2390. The van der Waals surface area contributed by atoms with E-state index in [2.05, 4.69) is 256 Å². The third kappa shape index (κ3) is 8.48. The van der Waals surface area contributed by atoms with E-state index in [1.54, 1.807) is 0 Å². The van der Waals surface area contributed by atoms with Crippen LogP contribution in [0.5, 0.6) is 0 Å². The van der Waals surface area contributed by atoms with Crippen molar-refractivity contribution in [3.05, 3.63) is 263 Å². The van der Waals surface area contributed by atoms with Gasteiger partial charge in [-0.3, -0.25) is 0 Å². The van der Waals surface area contributed by atoms with Crippen LogP contribution in [0.2, 0.25) is 0 Å². The van der Waals surface area contributed by atoms with Crippen LogP contribution in [0.4, 0.5) is 22.7 Å². The zero-order valence-corrected chi connectivity index (χ0v) is 33.7. The van der Waals surface area contributed by atoms with E-state index in [1.165, 1.54) is 44.5 Å². The van der Waals surface area contributed by atoms with Crippen molar-refractivity contribution >= 4 is 33.9 Å². The lowest BCUT2D eigenvalue weighted by Crippen LogP contribution is -2.11. The number of nitrogens with zero attached hydrogens (tertiary/aromatic N) is 2.